The molecule has 4 amide bonds. The highest BCUT2D eigenvalue weighted by atomic mass is 16.6. The van der Waals surface area contributed by atoms with E-state index in [9.17, 15) is 14.4 Å². The third kappa shape index (κ3) is 5.32. The van der Waals surface area contributed by atoms with E-state index in [-0.39, 0.29) is 11.9 Å². The second kappa shape index (κ2) is 9.75. The number of nitrogens with zero attached hydrogens (tertiary/aromatic N) is 3. The van der Waals surface area contributed by atoms with Gasteiger partial charge in [-0.05, 0) is 63.4 Å². The van der Waals surface area contributed by atoms with Crippen molar-refractivity contribution < 1.29 is 23.9 Å². The van der Waals surface area contributed by atoms with E-state index in [2.05, 4.69) is 0 Å². The number of rotatable bonds is 5. The summed E-state index contributed by atoms with van der Waals surface area (Å²) in [4.78, 5) is 43.1. The number of carbonyl (C=O) groups excluding carboxylic acids is 3. The van der Waals surface area contributed by atoms with Gasteiger partial charge in [-0.2, -0.15) is 0 Å². The molecule has 0 spiro atoms. The zero-order valence-corrected chi connectivity index (χ0v) is 19.9. The third-order valence-electron chi connectivity index (χ3n) is 5.84. The number of likely N-dealkylation sites (tertiary alicyclic amines) is 1. The lowest BCUT2D eigenvalue weighted by atomic mass is 10.0. The molecule has 0 aromatic heterocycles. The Hall–Kier alpha value is -3.55. The van der Waals surface area contributed by atoms with Crippen LogP contribution in [0.2, 0.25) is 0 Å². The smallest absolute Gasteiger partial charge is 0.417 e. The minimum absolute atomic E-state index is 0.234. The number of piperidine rings is 1. The Balaban J connectivity index is 1.38. The van der Waals surface area contributed by atoms with Gasteiger partial charge < -0.3 is 14.4 Å². The van der Waals surface area contributed by atoms with Crippen LogP contribution in [0.25, 0.3) is 0 Å². The molecule has 180 valence electrons. The Morgan fingerprint density at radius 3 is 2.35 bits per heavy atom. The second-order valence-electron chi connectivity index (χ2n) is 9.52. The molecule has 0 N–H and O–H groups in total. The van der Waals surface area contributed by atoms with Crippen LogP contribution >= 0.6 is 0 Å². The summed E-state index contributed by atoms with van der Waals surface area (Å²) < 4.78 is 11.2. The van der Waals surface area contributed by atoms with Gasteiger partial charge in [0.1, 0.15) is 24.0 Å². The van der Waals surface area contributed by atoms with Crippen LogP contribution in [0.4, 0.5) is 15.3 Å². The SMILES string of the molecule is CC(C)(C)OC(=O)N1CCCC(N2CCN(c3ccc(OCc4ccccc4)cc3)C2=O)C1=O. The molecule has 0 aliphatic carbocycles. The predicted octanol–water partition coefficient (Wildman–Crippen LogP) is 4.43. The maximum atomic E-state index is 13.2. The Morgan fingerprint density at radius 2 is 1.68 bits per heavy atom. The molecule has 1 unspecified atom stereocenters. The molecule has 8 nitrogen and oxygen atoms in total. The molecule has 34 heavy (non-hydrogen) atoms. The van der Waals surface area contributed by atoms with Crippen molar-refractivity contribution in [1.82, 2.24) is 9.80 Å². The molecule has 2 aromatic rings. The lowest BCUT2D eigenvalue weighted by molar-refractivity contribution is -0.137. The maximum absolute atomic E-state index is 13.2. The fourth-order valence-corrected chi connectivity index (χ4v) is 4.19. The van der Waals surface area contributed by atoms with Crippen LogP contribution in [0, 0.1) is 0 Å². The number of amides is 4. The molecule has 0 radical (unpaired) electrons. The van der Waals surface area contributed by atoms with E-state index in [1.807, 2.05) is 54.6 Å². The van der Waals surface area contributed by atoms with Gasteiger partial charge in [-0.15, -0.1) is 0 Å². The Morgan fingerprint density at radius 1 is 0.971 bits per heavy atom. The molecule has 1 atom stereocenters. The zero-order valence-electron chi connectivity index (χ0n) is 19.9. The highest BCUT2D eigenvalue weighted by Crippen LogP contribution is 2.28. The molecule has 2 aromatic carbocycles. The Labute approximate surface area is 200 Å². The van der Waals surface area contributed by atoms with Gasteiger partial charge >= 0.3 is 12.1 Å². The van der Waals surface area contributed by atoms with Crippen LogP contribution in [-0.4, -0.2) is 59.1 Å². The third-order valence-corrected chi connectivity index (χ3v) is 5.84. The van der Waals surface area contributed by atoms with Crippen molar-refractivity contribution in [3.63, 3.8) is 0 Å². The minimum atomic E-state index is -0.693. The molecule has 4 rings (SSSR count). The molecule has 0 saturated carbocycles. The van der Waals surface area contributed by atoms with Crippen LogP contribution in [0.15, 0.2) is 54.6 Å². The predicted molar refractivity (Wildman–Crippen MR) is 128 cm³/mol. The molecule has 2 saturated heterocycles. The van der Waals surface area contributed by atoms with Crippen molar-refractivity contribution in [2.24, 2.45) is 0 Å². The van der Waals surface area contributed by atoms with Gasteiger partial charge in [-0.25, -0.2) is 14.5 Å². The first kappa shape index (κ1) is 23.6. The first-order valence-corrected chi connectivity index (χ1v) is 11.6. The molecule has 2 aliphatic rings. The monoisotopic (exact) mass is 465 g/mol. The number of carbonyl (C=O) groups is 3. The minimum Gasteiger partial charge on any atom is -0.489 e. The van der Waals surface area contributed by atoms with Crippen molar-refractivity contribution >= 4 is 23.7 Å². The summed E-state index contributed by atoms with van der Waals surface area (Å²) >= 11 is 0. The number of anilines is 1. The summed E-state index contributed by atoms with van der Waals surface area (Å²) in [5.74, 6) is 0.340. The van der Waals surface area contributed by atoms with Crippen molar-refractivity contribution in [3.05, 3.63) is 60.2 Å². The summed E-state index contributed by atoms with van der Waals surface area (Å²) in [6.45, 7) is 6.95. The largest absolute Gasteiger partial charge is 0.489 e. The van der Waals surface area contributed by atoms with Crippen molar-refractivity contribution in [1.29, 1.82) is 0 Å². The van der Waals surface area contributed by atoms with E-state index in [1.54, 1.807) is 30.6 Å². The van der Waals surface area contributed by atoms with Gasteiger partial charge in [0, 0.05) is 25.3 Å². The first-order valence-electron chi connectivity index (χ1n) is 11.6. The number of hydrogen-bond acceptors (Lipinski definition) is 5. The zero-order chi connectivity index (χ0) is 24.3. The maximum Gasteiger partial charge on any atom is 0.417 e. The normalized spacial score (nSPS) is 18.9. The highest BCUT2D eigenvalue weighted by molar-refractivity contribution is 6.01. The second-order valence-corrected chi connectivity index (χ2v) is 9.52. The van der Waals surface area contributed by atoms with Gasteiger partial charge in [0.2, 0.25) is 0 Å². The lowest BCUT2D eigenvalue weighted by Gasteiger charge is -2.36. The molecule has 0 bridgehead atoms. The summed E-state index contributed by atoms with van der Waals surface area (Å²) in [7, 11) is 0. The average Bonchev–Trinajstić information content (AvgIpc) is 3.18. The van der Waals surface area contributed by atoms with Gasteiger partial charge in [0.05, 0.1) is 0 Å². The number of benzene rings is 2. The Bertz CT molecular complexity index is 1030. The van der Waals surface area contributed by atoms with E-state index in [1.165, 1.54) is 0 Å². The van der Waals surface area contributed by atoms with E-state index in [0.29, 0.717) is 44.8 Å². The number of urea groups is 1. The quantitative estimate of drug-likeness (QED) is 0.653. The molecular formula is C26H31N3O5. The standard InChI is InChI=1S/C26H31N3O5/c1-26(2,3)34-25(32)29-15-7-10-22(23(29)30)28-17-16-27(24(28)31)20-11-13-21(14-12-20)33-18-19-8-5-4-6-9-19/h4-6,8-9,11-14,22H,7,10,15-18H2,1-3H3. The highest BCUT2D eigenvalue weighted by Gasteiger charge is 2.43. The van der Waals surface area contributed by atoms with E-state index in [0.717, 1.165) is 16.2 Å². The summed E-state index contributed by atoms with van der Waals surface area (Å²) in [5, 5.41) is 0. The first-order chi connectivity index (χ1) is 16.2. The van der Waals surface area contributed by atoms with E-state index in [4.69, 9.17) is 9.47 Å². The van der Waals surface area contributed by atoms with Crippen LogP contribution < -0.4 is 9.64 Å². The summed E-state index contributed by atoms with van der Waals surface area (Å²) in [6, 6.07) is 16.4. The molecule has 2 heterocycles. The van der Waals surface area contributed by atoms with Crippen LogP contribution in [-0.2, 0) is 16.1 Å². The fraction of sp³-hybridized carbons (Fsp3) is 0.423. The molecule has 2 aliphatic heterocycles. The van der Waals surface area contributed by atoms with Gasteiger partial charge in [0.15, 0.2) is 0 Å². The number of imide groups is 1. The topological polar surface area (TPSA) is 79.4 Å². The van der Waals surface area contributed by atoms with Gasteiger partial charge in [-0.1, -0.05) is 30.3 Å². The Kier molecular flexibility index (Phi) is 6.77. The average molecular weight is 466 g/mol. The van der Waals surface area contributed by atoms with Gasteiger partial charge in [0.25, 0.3) is 5.91 Å². The fourth-order valence-electron chi connectivity index (χ4n) is 4.19. The summed E-state index contributed by atoms with van der Waals surface area (Å²) in [5.41, 5.74) is 1.13. The van der Waals surface area contributed by atoms with Gasteiger partial charge in [-0.3, -0.25) is 9.69 Å². The van der Waals surface area contributed by atoms with Crippen LogP contribution in [0.5, 0.6) is 5.75 Å². The number of hydrogen-bond donors (Lipinski definition) is 0. The molecule has 2 fully saturated rings. The number of ether oxygens (including phenoxy) is 2. The van der Waals surface area contributed by atoms with Crippen molar-refractivity contribution in [2.45, 2.75) is 51.9 Å². The van der Waals surface area contributed by atoms with Crippen LogP contribution in [0.1, 0.15) is 39.2 Å². The molecule has 8 heteroatoms. The van der Waals surface area contributed by atoms with Crippen molar-refractivity contribution in [3.8, 4) is 5.75 Å². The van der Waals surface area contributed by atoms with Crippen molar-refractivity contribution in [2.75, 3.05) is 24.5 Å². The van der Waals surface area contributed by atoms with Crippen LogP contribution in [0.3, 0.4) is 0 Å². The molecular weight excluding hydrogens is 434 g/mol. The summed E-state index contributed by atoms with van der Waals surface area (Å²) in [6.07, 6.45) is 0.508. The van der Waals surface area contributed by atoms with E-state index >= 15 is 0 Å². The lowest BCUT2D eigenvalue weighted by Crippen LogP contribution is -2.55. The van der Waals surface area contributed by atoms with E-state index < -0.39 is 17.7 Å².